The summed E-state index contributed by atoms with van der Waals surface area (Å²) in [6.45, 7) is 5.19. The molecule has 0 spiro atoms. The molecule has 6 heteroatoms. The van der Waals surface area contributed by atoms with Gasteiger partial charge in [-0.15, -0.1) is 0 Å². The first-order valence-electron chi connectivity index (χ1n) is 9.96. The maximum Gasteiger partial charge on any atom is 0.169 e. The molecule has 2 fully saturated rings. The number of imidazole rings is 1. The summed E-state index contributed by atoms with van der Waals surface area (Å²) in [4.78, 5) is 9.34. The van der Waals surface area contributed by atoms with Crippen molar-refractivity contribution < 1.29 is 0 Å². The maximum absolute atomic E-state index is 5.75. The zero-order valence-electron chi connectivity index (χ0n) is 15.6. The van der Waals surface area contributed by atoms with Crippen LogP contribution in [-0.4, -0.2) is 56.7 Å². The van der Waals surface area contributed by atoms with Crippen molar-refractivity contribution in [3.05, 3.63) is 18.2 Å². The highest BCUT2D eigenvalue weighted by Gasteiger charge is 2.20. The summed E-state index contributed by atoms with van der Waals surface area (Å²) in [7, 11) is 2.07. The third-order valence-corrected chi connectivity index (χ3v) is 5.97. The molecule has 140 valence electrons. The maximum atomic E-state index is 5.75. The summed E-state index contributed by atoms with van der Waals surface area (Å²) in [6, 6.07) is 0.583. The molecule has 2 aliphatic rings. The van der Waals surface area contributed by atoms with E-state index in [2.05, 4.69) is 31.7 Å². The van der Waals surface area contributed by atoms with Gasteiger partial charge in [0.15, 0.2) is 5.11 Å². The first kappa shape index (κ1) is 18.6. The number of nitrogens with one attached hydrogen (secondary N) is 1. The summed E-state index contributed by atoms with van der Waals surface area (Å²) in [5.74, 6) is 1.14. The highest BCUT2D eigenvalue weighted by Crippen LogP contribution is 2.17. The Bertz CT molecular complexity index is 536. The van der Waals surface area contributed by atoms with Gasteiger partial charge in [-0.3, -0.25) is 4.90 Å². The lowest BCUT2D eigenvalue weighted by atomic mass is 9.97. The minimum Gasteiger partial charge on any atom is -0.360 e. The predicted octanol–water partition coefficient (Wildman–Crippen LogP) is 2.92. The highest BCUT2D eigenvalue weighted by molar-refractivity contribution is 7.80. The molecule has 1 saturated carbocycles. The molecule has 1 aliphatic carbocycles. The molecule has 1 saturated heterocycles. The van der Waals surface area contributed by atoms with E-state index in [0.29, 0.717) is 6.04 Å². The molecule has 1 aliphatic heterocycles. The summed E-state index contributed by atoms with van der Waals surface area (Å²) in [6.07, 6.45) is 14.5. The second kappa shape index (κ2) is 9.53. The topological polar surface area (TPSA) is 36.3 Å². The van der Waals surface area contributed by atoms with Crippen LogP contribution in [0.3, 0.4) is 0 Å². The zero-order chi connectivity index (χ0) is 17.5. The minimum absolute atomic E-state index is 0.583. The quantitative estimate of drug-likeness (QED) is 0.836. The Morgan fingerprint density at radius 3 is 2.56 bits per heavy atom. The number of aryl methyl sites for hydroxylation is 1. The Labute approximate surface area is 157 Å². The molecule has 25 heavy (non-hydrogen) atoms. The number of rotatable bonds is 3. The summed E-state index contributed by atoms with van der Waals surface area (Å²) < 4.78 is 2.11. The third kappa shape index (κ3) is 5.68. The molecular formula is C19H33N5S. The average Bonchev–Trinajstić information content (AvgIpc) is 2.83. The van der Waals surface area contributed by atoms with E-state index in [4.69, 9.17) is 12.2 Å². The van der Waals surface area contributed by atoms with Crippen LogP contribution in [-0.2, 0) is 13.6 Å². The van der Waals surface area contributed by atoms with Crippen molar-refractivity contribution >= 4 is 17.3 Å². The van der Waals surface area contributed by atoms with Crippen molar-refractivity contribution in [1.82, 2.24) is 24.7 Å². The molecule has 0 amide bonds. The van der Waals surface area contributed by atoms with E-state index in [1.54, 1.807) is 0 Å². The van der Waals surface area contributed by atoms with Gasteiger partial charge in [-0.1, -0.05) is 32.1 Å². The lowest BCUT2D eigenvalue weighted by Crippen LogP contribution is -2.46. The van der Waals surface area contributed by atoms with Crippen LogP contribution in [0.5, 0.6) is 0 Å². The van der Waals surface area contributed by atoms with Crippen LogP contribution in [0.15, 0.2) is 12.4 Å². The smallest absolute Gasteiger partial charge is 0.169 e. The summed E-state index contributed by atoms with van der Waals surface area (Å²) in [5, 5.41) is 4.65. The van der Waals surface area contributed by atoms with E-state index in [1.165, 1.54) is 44.9 Å². The Morgan fingerprint density at radius 1 is 1.08 bits per heavy atom. The average molecular weight is 364 g/mol. The summed E-state index contributed by atoms with van der Waals surface area (Å²) >= 11 is 5.75. The molecule has 0 bridgehead atoms. The van der Waals surface area contributed by atoms with Crippen LogP contribution in [0.4, 0.5) is 0 Å². The van der Waals surface area contributed by atoms with E-state index in [0.717, 1.165) is 50.1 Å². The predicted molar refractivity (Wildman–Crippen MR) is 107 cm³/mol. The Kier molecular flexibility index (Phi) is 7.11. The van der Waals surface area contributed by atoms with Crippen molar-refractivity contribution in [2.75, 3.05) is 26.2 Å². The molecular weight excluding hydrogens is 330 g/mol. The van der Waals surface area contributed by atoms with Gasteiger partial charge >= 0.3 is 0 Å². The molecule has 0 radical (unpaired) electrons. The standard InChI is InChI=1S/C19H33N5S/c1-22-13-10-20-18(22)16-23-11-7-12-24(15-14-23)19(25)21-17-8-5-3-2-4-6-9-17/h10,13,17H,2-9,11-12,14-16H2,1H3,(H,21,25). The van der Waals surface area contributed by atoms with Crippen molar-refractivity contribution in [3.63, 3.8) is 0 Å². The van der Waals surface area contributed by atoms with Crippen molar-refractivity contribution in [2.45, 2.75) is 64.0 Å². The van der Waals surface area contributed by atoms with Crippen LogP contribution in [0.25, 0.3) is 0 Å². The Balaban J connectivity index is 1.46. The van der Waals surface area contributed by atoms with Gasteiger partial charge in [-0.25, -0.2) is 4.98 Å². The van der Waals surface area contributed by atoms with Gasteiger partial charge in [0.05, 0.1) is 6.54 Å². The molecule has 5 nitrogen and oxygen atoms in total. The SMILES string of the molecule is Cn1ccnc1CN1CCCN(C(=S)NC2CCCCCCC2)CC1. The van der Waals surface area contributed by atoms with Gasteiger partial charge in [0.25, 0.3) is 0 Å². The van der Waals surface area contributed by atoms with Gasteiger partial charge < -0.3 is 14.8 Å². The van der Waals surface area contributed by atoms with E-state index < -0.39 is 0 Å². The lowest BCUT2D eigenvalue weighted by Gasteiger charge is -2.29. The van der Waals surface area contributed by atoms with Gasteiger partial charge in [0, 0.05) is 51.7 Å². The van der Waals surface area contributed by atoms with Crippen LogP contribution in [0.1, 0.15) is 57.2 Å². The van der Waals surface area contributed by atoms with Gasteiger partial charge in [0.2, 0.25) is 0 Å². The van der Waals surface area contributed by atoms with E-state index >= 15 is 0 Å². The van der Waals surface area contributed by atoms with Gasteiger partial charge in [-0.05, 0) is 31.5 Å². The fourth-order valence-electron chi connectivity index (χ4n) is 3.95. The van der Waals surface area contributed by atoms with E-state index in [1.807, 2.05) is 12.4 Å². The second-order valence-corrected chi connectivity index (χ2v) is 7.95. The largest absolute Gasteiger partial charge is 0.360 e. The molecule has 0 atom stereocenters. The van der Waals surface area contributed by atoms with Crippen molar-refractivity contribution in [2.24, 2.45) is 7.05 Å². The van der Waals surface area contributed by atoms with Crippen LogP contribution >= 0.6 is 12.2 Å². The number of thiocarbonyl (C=S) groups is 1. The Hall–Kier alpha value is -1.14. The normalized spacial score (nSPS) is 21.4. The molecule has 2 heterocycles. The fourth-order valence-corrected chi connectivity index (χ4v) is 4.30. The van der Waals surface area contributed by atoms with Crippen LogP contribution < -0.4 is 5.32 Å². The number of aromatic nitrogens is 2. The number of hydrogen-bond donors (Lipinski definition) is 1. The molecule has 1 N–H and O–H groups in total. The molecule has 1 aromatic rings. The first-order chi connectivity index (χ1) is 12.2. The molecule has 1 aromatic heterocycles. The van der Waals surface area contributed by atoms with Gasteiger partial charge in [0.1, 0.15) is 5.82 Å². The number of nitrogens with zero attached hydrogens (tertiary/aromatic N) is 4. The first-order valence-corrected chi connectivity index (χ1v) is 10.4. The summed E-state index contributed by atoms with van der Waals surface area (Å²) in [5.41, 5.74) is 0. The zero-order valence-corrected chi connectivity index (χ0v) is 16.4. The fraction of sp³-hybridized carbons (Fsp3) is 0.789. The molecule has 0 aromatic carbocycles. The Morgan fingerprint density at radius 2 is 1.84 bits per heavy atom. The second-order valence-electron chi connectivity index (χ2n) is 7.56. The third-order valence-electron chi connectivity index (χ3n) is 5.59. The van der Waals surface area contributed by atoms with Crippen LogP contribution in [0, 0.1) is 0 Å². The highest BCUT2D eigenvalue weighted by atomic mass is 32.1. The monoisotopic (exact) mass is 363 g/mol. The lowest BCUT2D eigenvalue weighted by molar-refractivity contribution is 0.268. The number of hydrogen-bond acceptors (Lipinski definition) is 3. The van der Waals surface area contributed by atoms with E-state index in [9.17, 15) is 0 Å². The van der Waals surface area contributed by atoms with Crippen molar-refractivity contribution in [3.8, 4) is 0 Å². The molecule has 3 rings (SSSR count). The van der Waals surface area contributed by atoms with Crippen LogP contribution in [0.2, 0.25) is 0 Å². The van der Waals surface area contributed by atoms with E-state index in [-0.39, 0.29) is 0 Å². The van der Waals surface area contributed by atoms with Gasteiger partial charge in [-0.2, -0.15) is 0 Å². The minimum atomic E-state index is 0.583. The molecule has 0 unspecified atom stereocenters. The van der Waals surface area contributed by atoms with Crippen molar-refractivity contribution in [1.29, 1.82) is 0 Å².